The third-order valence-corrected chi connectivity index (χ3v) is 3.49. The van der Waals surface area contributed by atoms with Crippen molar-refractivity contribution in [3.63, 3.8) is 0 Å². The third kappa shape index (κ3) is 2.67. The second-order valence-electron chi connectivity index (χ2n) is 4.89. The number of halogens is 6. The van der Waals surface area contributed by atoms with Crippen molar-refractivity contribution in [3.8, 4) is 0 Å². The van der Waals surface area contributed by atoms with Crippen molar-refractivity contribution in [3.05, 3.63) is 59.7 Å². The van der Waals surface area contributed by atoms with Crippen molar-refractivity contribution >= 4 is 5.78 Å². The summed E-state index contributed by atoms with van der Waals surface area (Å²) in [6, 6.07) is 7.22. The molecule has 0 fully saturated rings. The first-order chi connectivity index (χ1) is 10.1. The minimum Gasteiger partial charge on any atom is -0.289 e. The Labute approximate surface area is 121 Å². The van der Waals surface area contributed by atoms with E-state index in [2.05, 4.69) is 0 Å². The van der Waals surface area contributed by atoms with Gasteiger partial charge in [-0.1, -0.05) is 48.6 Å². The molecule has 0 heterocycles. The molecule has 0 N–H and O–H groups in total. The first-order valence-electron chi connectivity index (χ1n) is 6.20. The number of hydrogen-bond donors (Lipinski definition) is 0. The lowest BCUT2D eigenvalue weighted by Gasteiger charge is -2.36. The van der Waals surface area contributed by atoms with Gasteiger partial charge in [0.25, 0.3) is 0 Å². The zero-order valence-corrected chi connectivity index (χ0v) is 11.0. The van der Waals surface area contributed by atoms with Gasteiger partial charge in [-0.25, -0.2) is 0 Å². The third-order valence-electron chi connectivity index (χ3n) is 3.49. The average molecular weight is 320 g/mol. The second-order valence-corrected chi connectivity index (χ2v) is 4.89. The number of hydrogen-bond acceptors (Lipinski definition) is 1. The van der Waals surface area contributed by atoms with Gasteiger partial charge in [-0.05, 0) is 0 Å². The molecular weight excluding hydrogens is 310 g/mol. The number of allylic oxidation sites excluding steroid dienone is 4. The molecular formula is C15H10F6O. The number of ketones is 1. The van der Waals surface area contributed by atoms with E-state index in [1.807, 2.05) is 0 Å². The van der Waals surface area contributed by atoms with E-state index >= 15 is 0 Å². The first kappa shape index (κ1) is 16.3. The molecule has 0 aromatic heterocycles. The van der Waals surface area contributed by atoms with Crippen LogP contribution in [0.3, 0.4) is 0 Å². The molecule has 0 atom stereocenters. The van der Waals surface area contributed by atoms with Gasteiger partial charge in [0, 0.05) is 17.6 Å². The molecule has 22 heavy (non-hydrogen) atoms. The van der Waals surface area contributed by atoms with Crippen LogP contribution in [0.25, 0.3) is 0 Å². The standard InChI is InChI=1S/C15H10F6O/c16-14(17,18)13(15(19,20)21)8-4-7-11(9-13)12(22)10-5-2-1-3-6-10/h1-8H,9H2. The molecule has 7 heteroatoms. The van der Waals surface area contributed by atoms with Gasteiger partial charge < -0.3 is 0 Å². The van der Waals surface area contributed by atoms with E-state index in [0.29, 0.717) is 6.08 Å². The number of carbonyl (C=O) groups is 1. The summed E-state index contributed by atoms with van der Waals surface area (Å²) >= 11 is 0. The largest absolute Gasteiger partial charge is 0.406 e. The molecule has 2 rings (SSSR count). The van der Waals surface area contributed by atoms with Gasteiger partial charge in [0.2, 0.25) is 0 Å². The Bertz CT molecular complexity index is 608. The molecule has 0 radical (unpaired) electrons. The van der Waals surface area contributed by atoms with E-state index in [1.54, 1.807) is 6.07 Å². The van der Waals surface area contributed by atoms with Gasteiger partial charge in [0.15, 0.2) is 11.2 Å². The molecule has 118 valence electrons. The second kappa shape index (κ2) is 5.30. The Hall–Kier alpha value is -2.05. The van der Waals surface area contributed by atoms with Crippen LogP contribution in [-0.2, 0) is 0 Å². The van der Waals surface area contributed by atoms with Crippen LogP contribution in [0.5, 0.6) is 0 Å². The summed E-state index contributed by atoms with van der Waals surface area (Å²) < 4.78 is 78.1. The highest BCUT2D eigenvalue weighted by atomic mass is 19.4. The van der Waals surface area contributed by atoms with Gasteiger partial charge in [-0.2, -0.15) is 26.3 Å². The molecule has 0 saturated carbocycles. The summed E-state index contributed by atoms with van der Waals surface area (Å²) in [7, 11) is 0. The smallest absolute Gasteiger partial charge is 0.289 e. The van der Waals surface area contributed by atoms with E-state index < -0.39 is 35.5 Å². The predicted molar refractivity (Wildman–Crippen MR) is 67.2 cm³/mol. The Morgan fingerprint density at radius 2 is 1.50 bits per heavy atom. The number of benzene rings is 1. The SMILES string of the molecule is O=C(C1=CC=CC(C(F)(F)F)(C(F)(F)F)C1)c1ccccc1. The Morgan fingerprint density at radius 3 is 2.00 bits per heavy atom. The number of Topliss-reactive ketones (excluding diaryl/α,β-unsaturated/α-hetero) is 1. The van der Waals surface area contributed by atoms with Crippen LogP contribution in [0.4, 0.5) is 26.3 Å². The van der Waals surface area contributed by atoms with Crippen molar-refractivity contribution in [2.24, 2.45) is 5.41 Å². The van der Waals surface area contributed by atoms with Crippen LogP contribution in [-0.4, -0.2) is 18.1 Å². The lowest BCUT2D eigenvalue weighted by atomic mass is 9.75. The molecule has 1 aliphatic rings. The van der Waals surface area contributed by atoms with Crippen LogP contribution < -0.4 is 0 Å². The van der Waals surface area contributed by atoms with Crippen LogP contribution in [0.1, 0.15) is 16.8 Å². The van der Waals surface area contributed by atoms with Gasteiger partial charge in [-0.3, -0.25) is 4.79 Å². The molecule has 0 spiro atoms. The normalized spacial score (nSPS) is 18.0. The minimum atomic E-state index is -5.54. The lowest BCUT2D eigenvalue weighted by molar-refractivity contribution is -0.321. The van der Waals surface area contributed by atoms with E-state index in [9.17, 15) is 31.1 Å². The molecule has 0 aliphatic heterocycles. The fourth-order valence-electron chi connectivity index (χ4n) is 2.23. The van der Waals surface area contributed by atoms with E-state index in [4.69, 9.17) is 0 Å². The highest BCUT2D eigenvalue weighted by Gasteiger charge is 2.69. The monoisotopic (exact) mass is 320 g/mol. The van der Waals surface area contributed by atoms with E-state index in [-0.39, 0.29) is 11.6 Å². The fourth-order valence-corrected chi connectivity index (χ4v) is 2.23. The molecule has 0 bridgehead atoms. The van der Waals surface area contributed by atoms with Crippen molar-refractivity contribution in [1.29, 1.82) is 0 Å². The fraction of sp³-hybridized carbons (Fsp3) is 0.267. The Kier molecular flexibility index (Phi) is 3.93. The van der Waals surface area contributed by atoms with Gasteiger partial charge in [-0.15, -0.1) is 0 Å². The highest BCUT2D eigenvalue weighted by Crippen LogP contribution is 2.56. The molecule has 0 amide bonds. The summed E-state index contributed by atoms with van der Waals surface area (Å²) in [6.45, 7) is 0. The number of alkyl halides is 6. The lowest BCUT2D eigenvalue weighted by Crippen LogP contribution is -2.49. The topological polar surface area (TPSA) is 17.1 Å². The molecule has 1 nitrogen and oxygen atoms in total. The van der Waals surface area contributed by atoms with Crippen LogP contribution in [0, 0.1) is 5.41 Å². The van der Waals surface area contributed by atoms with E-state index in [0.717, 1.165) is 6.08 Å². The Balaban J connectivity index is 2.41. The van der Waals surface area contributed by atoms with Crippen molar-refractivity contribution in [2.45, 2.75) is 18.8 Å². The average Bonchev–Trinajstić information content (AvgIpc) is 2.45. The summed E-state index contributed by atoms with van der Waals surface area (Å²) in [5.74, 6) is -0.845. The maximum absolute atomic E-state index is 13.0. The van der Waals surface area contributed by atoms with Crippen LogP contribution >= 0.6 is 0 Å². The first-order valence-corrected chi connectivity index (χ1v) is 6.20. The van der Waals surface area contributed by atoms with E-state index in [1.165, 1.54) is 24.3 Å². The Morgan fingerprint density at radius 1 is 0.955 bits per heavy atom. The minimum absolute atomic E-state index is 0.0438. The number of rotatable bonds is 2. The molecule has 0 unspecified atom stereocenters. The number of carbonyl (C=O) groups excluding carboxylic acids is 1. The van der Waals surface area contributed by atoms with Gasteiger partial charge >= 0.3 is 12.4 Å². The van der Waals surface area contributed by atoms with Crippen molar-refractivity contribution in [2.75, 3.05) is 0 Å². The molecule has 0 saturated heterocycles. The molecule has 1 aromatic carbocycles. The van der Waals surface area contributed by atoms with Crippen molar-refractivity contribution in [1.82, 2.24) is 0 Å². The van der Waals surface area contributed by atoms with Gasteiger partial charge in [0.05, 0.1) is 0 Å². The summed E-state index contributed by atoms with van der Waals surface area (Å²) in [5, 5.41) is 0. The quantitative estimate of drug-likeness (QED) is 0.561. The maximum Gasteiger partial charge on any atom is 0.406 e. The molecule has 1 aromatic rings. The zero-order chi connectivity index (χ0) is 16.6. The molecule has 1 aliphatic carbocycles. The van der Waals surface area contributed by atoms with Crippen molar-refractivity contribution < 1.29 is 31.1 Å². The maximum atomic E-state index is 13.0. The summed E-state index contributed by atoms with van der Waals surface area (Å²) in [6.07, 6.45) is -10.8. The predicted octanol–water partition coefficient (Wildman–Crippen LogP) is 4.87. The van der Waals surface area contributed by atoms with Crippen LogP contribution in [0.15, 0.2) is 54.1 Å². The van der Waals surface area contributed by atoms with Gasteiger partial charge in [0.1, 0.15) is 0 Å². The zero-order valence-electron chi connectivity index (χ0n) is 11.0. The summed E-state index contributed by atoms with van der Waals surface area (Å²) in [4.78, 5) is 12.1. The van der Waals surface area contributed by atoms with Crippen LogP contribution in [0.2, 0.25) is 0 Å². The summed E-state index contributed by atoms with van der Waals surface area (Å²) in [5.41, 5.74) is -4.51. The highest BCUT2D eigenvalue weighted by molar-refractivity contribution is 6.09.